The van der Waals surface area contributed by atoms with E-state index in [1.165, 1.54) is 6.20 Å². The third-order valence-electron chi connectivity index (χ3n) is 5.60. The van der Waals surface area contributed by atoms with Gasteiger partial charge in [-0.25, -0.2) is 9.97 Å². The van der Waals surface area contributed by atoms with Crippen molar-refractivity contribution in [3.05, 3.63) is 41.5 Å². The molecule has 2 unspecified atom stereocenters. The molecule has 2 aromatic rings. The lowest BCUT2D eigenvalue weighted by molar-refractivity contribution is -0.141. The van der Waals surface area contributed by atoms with Crippen molar-refractivity contribution in [3.8, 4) is 11.8 Å². The highest BCUT2D eigenvalue weighted by Gasteiger charge is 2.38. The van der Waals surface area contributed by atoms with E-state index in [-0.39, 0.29) is 17.9 Å². The number of hydrogen-bond donors (Lipinski definition) is 0. The lowest BCUT2D eigenvalue weighted by atomic mass is 9.92. The normalized spacial score (nSPS) is 21.2. The first-order valence-electron chi connectivity index (χ1n) is 9.95. The Bertz CT molecular complexity index is 958. The maximum atomic E-state index is 13.4. The van der Waals surface area contributed by atoms with Crippen LogP contribution in [0.4, 0.5) is 5.95 Å². The third-order valence-corrected chi connectivity index (χ3v) is 5.60. The summed E-state index contributed by atoms with van der Waals surface area (Å²) < 4.78 is 11.5. The van der Waals surface area contributed by atoms with E-state index in [0.717, 1.165) is 11.1 Å². The number of nitriles is 1. The van der Waals surface area contributed by atoms with Crippen LogP contribution in [0.2, 0.25) is 0 Å². The first-order chi connectivity index (χ1) is 14.6. The summed E-state index contributed by atoms with van der Waals surface area (Å²) in [6, 6.07) is 2.10. The molecule has 0 spiro atoms. The molecular formula is C21H24N6O3. The van der Waals surface area contributed by atoms with Crippen LogP contribution < -0.4 is 9.64 Å². The summed E-state index contributed by atoms with van der Waals surface area (Å²) in [5, 5.41) is 9.28. The van der Waals surface area contributed by atoms with Crippen molar-refractivity contribution in [1.82, 2.24) is 19.9 Å². The number of carbonyl (C=O) groups is 1. The highest BCUT2D eigenvalue weighted by molar-refractivity contribution is 5.80. The molecule has 1 saturated heterocycles. The molecule has 30 heavy (non-hydrogen) atoms. The number of aryl methyl sites for hydroxylation is 1. The fraction of sp³-hybridized carbons (Fsp3) is 0.476. The van der Waals surface area contributed by atoms with Crippen molar-refractivity contribution < 1.29 is 14.3 Å². The number of carbonyl (C=O) groups excluding carboxylic acids is 1. The minimum atomic E-state index is -0.261. The smallest absolute Gasteiger partial charge is 0.228 e. The van der Waals surface area contributed by atoms with E-state index >= 15 is 0 Å². The van der Waals surface area contributed by atoms with Gasteiger partial charge in [-0.1, -0.05) is 0 Å². The topological polar surface area (TPSA) is 104 Å². The van der Waals surface area contributed by atoms with Crippen LogP contribution in [-0.4, -0.2) is 65.2 Å². The Morgan fingerprint density at radius 2 is 2.07 bits per heavy atom. The van der Waals surface area contributed by atoms with E-state index in [1.807, 2.05) is 6.92 Å². The van der Waals surface area contributed by atoms with E-state index in [9.17, 15) is 10.1 Å². The van der Waals surface area contributed by atoms with Crippen LogP contribution in [0, 0.1) is 24.2 Å². The molecule has 0 aromatic carbocycles. The van der Waals surface area contributed by atoms with Crippen LogP contribution in [0.3, 0.4) is 0 Å². The largest absolute Gasteiger partial charge is 0.490 e. The lowest BCUT2D eigenvalue weighted by Crippen LogP contribution is -2.51. The molecule has 2 aromatic heterocycles. The van der Waals surface area contributed by atoms with Gasteiger partial charge in [-0.15, -0.1) is 0 Å². The van der Waals surface area contributed by atoms with Gasteiger partial charge < -0.3 is 19.3 Å². The molecule has 0 radical (unpaired) electrons. The summed E-state index contributed by atoms with van der Waals surface area (Å²) in [4.78, 5) is 30.1. The number of nitrogens with zero attached hydrogens (tertiary/aromatic N) is 6. The molecule has 4 rings (SSSR count). The van der Waals surface area contributed by atoms with E-state index in [0.29, 0.717) is 56.5 Å². The maximum absolute atomic E-state index is 13.4. The van der Waals surface area contributed by atoms with Gasteiger partial charge in [-0.3, -0.25) is 9.78 Å². The summed E-state index contributed by atoms with van der Waals surface area (Å²) in [6.07, 6.45) is 7.12. The Hall–Kier alpha value is -3.25. The van der Waals surface area contributed by atoms with Crippen molar-refractivity contribution in [3.63, 3.8) is 0 Å². The van der Waals surface area contributed by atoms with Gasteiger partial charge in [0.05, 0.1) is 25.1 Å². The standard InChI is InChI=1S/C21H24N6O3/c1-14-8-24-21(25-9-14)27-4-3-17(18(13-27)29-2)20(28)26-5-6-30-19-15(7-22)10-23-11-16(19)12-26/h8-11,17-18H,3-6,12-13H2,1-2H3. The molecule has 2 atom stereocenters. The molecule has 9 nitrogen and oxygen atoms in total. The predicted octanol–water partition coefficient (Wildman–Crippen LogP) is 1.31. The van der Waals surface area contributed by atoms with Crippen molar-refractivity contribution in [2.24, 2.45) is 5.92 Å². The number of piperidine rings is 1. The van der Waals surface area contributed by atoms with Crippen molar-refractivity contribution in [1.29, 1.82) is 5.26 Å². The number of pyridine rings is 1. The van der Waals surface area contributed by atoms with Crippen molar-refractivity contribution >= 4 is 11.9 Å². The number of fused-ring (bicyclic) bond motifs is 1. The zero-order chi connectivity index (χ0) is 21.1. The summed E-state index contributed by atoms with van der Waals surface area (Å²) in [5.41, 5.74) is 2.15. The van der Waals surface area contributed by atoms with Crippen molar-refractivity contribution in [2.75, 3.05) is 38.3 Å². The Morgan fingerprint density at radius 3 is 2.80 bits per heavy atom. The van der Waals surface area contributed by atoms with Gasteiger partial charge in [-0.2, -0.15) is 5.26 Å². The quantitative estimate of drug-likeness (QED) is 0.749. The molecule has 0 aliphatic carbocycles. The average molecular weight is 408 g/mol. The van der Waals surface area contributed by atoms with Crippen LogP contribution in [-0.2, 0) is 16.1 Å². The van der Waals surface area contributed by atoms with Gasteiger partial charge in [0.2, 0.25) is 11.9 Å². The second-order valence-corrected chi connectivity index (χ2v) is 7.57. The highest BCUT2D eigenvalue weighted by Crippen LogP contribution is 2.29. The Balaban J connectivity index is 1.49. The highest BCUT2D eigenvalue weighted by atomic mass is 16.5. The summed E-state index contributed by atoms with van der Waals surface area (Å²) in [6.45, 7) is 4.35. The zero-order valence-corrected chi connectivity index (χ0v) is 17.1. The fourth-order valence-electron chi connectivity index (χ4n) is 3.99. The lowest BCUT2D eigenvalue weighted by Gasteiger charge is -2.38. The Kier molecular flexibility index (Phi) is 5.77. The molecule has 1 amide bonds. The van der Waals surface area contributed by atoms with Gasteiger partial charge in [0.25, 0.3) is 0 Å². The maximum Gasteiger partial charge on any atom is 0.228 e. The predicted molar refractivity (Wildman–Crippen MR) is 108 cm³/mol. The molecule has 2 aliphatic heterocycles. The van der Waals surface area contributed by atoms with E-state index < -0.39 is 0 Å². The van der Waals surface area contributed by atoms with Gasteiger partial charge in [0, 0.05) is 50.6 Å². The number of anilines is 1. The molecule has 2 aliphatic rings. The third kappa shape index (κ3) is 3.91. The van der Waals surface area contributed by atoms with E-state index in [1.54, 1.807) is 30.6 Å². The first-order valence-corrected chi connectivity index (χ1v) is 9.95. The Labute approximate surface area is 175 Å². The molecule has 156 valence electrons. The molecule has 0 N–H and O–H groups in total. The zero-order valence-electron chi connectivity index (χ0n) is 17.1. The molecule has 0 saturated carbocycles. The number of ether oxygens (including phenoxy) is 2. The molecule has 4 heterocycles. The number of aromatic nitrogens is 3. The molecular weight excluding hydrogens is 384 g/mol. The fourth-order valence-corrected chi connectivity index (χ4v) is 3.99. The molecule has 9 heteroatoms. The molecule has 0 bridgehead atoms. The summed E-state index contributed by atoms with van der Waals surface area (Å²) in [5.74, 6) is 0.952. The average Bonchev–Trinajstić information content (AvgIpc) is 3.01. The van der Waals surface area contributed by atoms with Gasteiger partial charge in [0.1, 0.15) is 24.0 Å². The minimum absolute atomic E-state index is 0.0325. The van der Waals surface area contributed by atoms with Crippen LogP contribution in [0.1, 0.15) is 23.1 Å². The van der Waals surface area contributed by atoms with E-state index in [4.69, 9.17) is 9.47 Å². The minimum Gasteiger partial charge on any atom is -0.490 e. The van der Waals surface area contributed by atoms with Crippen LogP contribution in [0.25, 0.3) is 0 Å². The SMILES string of the molecule is COC1CN(c2ncc(C)cn2)CCC1C(=O)N1CCOc2c(C#N)cncc2C1. The second-order valence-electron chi connectivity index (χ2n) is 7.57. The number of hydrogen-bond acceptors (Lipinski definition) is 8. The van der Waals surface area contributed by atoms with Crippen LogP contribution in [0.5, 0.6) is 5.75 Å². The van der Waals surface area contributed by atoms with Gasteiger partial charge in [-0.05, 0) is 18.9 Å². The number of methoxy groups -OCH3 is 1. The molecule has 1 fully saturated rings. The second kappa shape index (κ2) is 8.63. The van der Waals surface area contributed by atoms with Crippen LogP contribution in [0.15, 0.2) is 24.8 Å². The van der Waals surface area contributed by atoms with E-state index in [2.05, 4.69) is 25.9 Å². The number of rotatable bonds is 3. The first kappa shape index (κ1) is 20.0. The van der Waals surface area contributed by atoms with Crippen LogP contribution >= 0.6 is 0 Å². The Morgan fingerprint density at radius 1 is 1.27 bits per heavy atom. The summed E-state index contributed by atoms with van der Waals surface area (Å²) in [7, 11) is 1.63. The van der Waals surface area contributed by atoms with Gasteiger partial charge in [0.15, 0.2) is 0 Å². The van der Waals surface area contributed by atoms with Gasteiger partial charge >= 0.3 is 0 Å². The number of amides is 1. The summed E-state index contributed by atoms with van der Waals surface area (Å²) >= 11 is 0. The monoisotopic (exact) mass is 408 g/mol. The van der Waals surface area contributed by atoms with Crippen molar-refractivity contribution in [2.45, 2.75) is 26.0 Å².